The van der Waals surface area contributed by atoms with Gasteiger partial charge >= 0.3 is 0 Å². The summed E-state index contributed by atoms with van der Waals surface area (Å²) in [5.41, 5.74) is 0. The van der Waals surface area contributed by atoms with Gasteiger partial charge < -0.3 is 5.11 Å². The van der Waals surface area contributed by atoms with E-state index in [4.69, 9.17) is 5.11 Å². The molecule has 1 rings (SSSR count). The second-order valence-corrected chi connectivity index (χ2v) is 3.89. The molecule has 14 heavy (non-hydrogen) atoms. The van der Waals surface area contributed by atoms with Crippen molar-refractivity contribution in [3.05, 3.63) is 0 Å². The van der Waals surface area contributed by atoms with Gasteiger partial charge in [-0.15, -0.1) is 0 Å². The predicted octanol–water partition coefficient (Wildman–Crippen LogP) is 1.29. The Hall–Kier alpha value is -0.290. The van der Waals surface area contributed by atoms with E-state index in [-0.39, 0.29) is 12.5 Å². The van der Waals surface area contributed by atoms with E-state index in [1.165, 1.54) is 4.90 Å². The molecule has 0 saturated carbocycles. The molecule has 5 heteroatoms. The lowest BCUT2D eigenvalue weighted by Crippen LogP contribution is -2.38. The summed E-state index contributed by atoms with van der Waals surface area (Å²) in [5.74, 6) is -3.24. The Labute approximate surface area is 81.7 Å². The van der Waals surface area contributed by atoms with Gasteiger partial charge in [-0.25, -0.2) is 13.2 Å². The molecular formula is C9H16F3NO. The average Bonchev–Trinajstić information content (AvgIpc) is 2.45. The van der Waals surface area contributed by atoms with E-state index in [0.29, 0.717) is 13.0 Å². The maximum Gasteiger partial charge on any atom is 0.283 e. The quantitative estimate of drug-likeness (QED) is 0.757. The summed E-state index contributed by atoms with van der Waals surface area (Å²) in [6.45, 7) is 0.573. The molecule has 0 aromatic heterocycles. The van der Waals surface area contributed by atoms with Crippen molar-refractivity contribution in [3.8, 4) is 0 Å². The first-order valence-corrected chi connectivity index (χ1v) is 4.83. The summed E-state index contributed by atoms with van der Waals surface area (Å²) < 4.78 is 38.7. The molecule has 1 saturated heterocycles. The minimum Gasteiger partial charge on any atom is -0.390 e. The number of aliphatic hydroxyl groups is 1. The highest BCUT2D eigenvalue weighted by atomic mass is 19.3. The van der Waals surface area contributed by atoms with Crippen LogP contribution in [0.25, 0.3) is 0 Å². The van der Waals surface area contributed by atoms with Crippen molar-refractivity contribution in [3.63, 3.8) is 0 Å². The van der Waals surface area contributed by atoms with Crippen LogP contribution in [0.5, 0.6) is 0 Å². The molecule has 1 fully saturated rings. The zero-order valence-electron chi connectivity index (χ0n) is 8.22. The first kappa shape index (κ1) is 11.8. The van der Waals surface area contributed by atoms with Gasteiger partial charge in [0, 0.05) is 19.0 Å². The van der Waals surface area contributed by atoms with Gasteiger partial charge in [0.15, 0.2) is 0 Å². The summed E-state index contributed by atoms with van der Waals surface area (Å²) in [6.07, 6.45) is -0.336. The van der Waals surface area contributed by atoms with Crippen LogP contribution in [0.15, 0.2) is 0 Å². The number of nitrogens with zero attached hydrogens (tertiary/aromatic N) is 1. The van der Waals surface area contributed by atoms with E-state index in [1.54, 1.807) is 0 Å². The topological polar surface area (TPSA) is 23.5 Å². The van der Waals surface area contributed by atoms with E-state index in [2.05, 4.69) is 0 Å². The molecule has 1 heterocycles. The molecule has 0 spiro atoms. The first-order chi connectivity index (χ1) is 6.48. The molecule has 0 unspecified atom stereocenters. The standard InChI is InChI=1S/C9H16F3NO/c1-2-7-3-13(4-8(7)10)5-9(11,12)6-14/h7-8,14H,2-6H2,1H3/t7-,8+/m1/s1. The molecule has 0 aromatic carbocycles. The van der Waals surface area contributed by atoms with Gasteiger partial charge in [0.2, 0.25) is 0 Å². The van der Waals surface area contributed by atoms with Gasteiger partial charge in [0.1, 0.15) is 12.8 Å². The van der Waals surface area contributed by atoms with Crippen LogP contribution in [0.2, 0.25) is 0 Å². The summed E-state index contributed by atoms with van der Waals surface area (Å²) in [6, 6.07) is 0. The lowest BCUT2D eigenvalue weighted by Gasteiger charge is -2.21. The second kappa shape index (κ2) is 4.49. The zero-order chi connectivity index (χ0) is 10.8. The summed E-state index contributed by atoms with van der Waals surface area (Å²) in [4.78, 5) is 1.38. The summed E-state index contributed by atoms with van der Waals surface area (Å²) >= 11 is 0. The van der Waals surface area contributed by atoms with Crippen LogP contribution in [0.4, 0.5) is 13.2 Å². The Morgan fingerprint density at radius 3 is 2.50 bits per heavy atom. The van der Waals surface area contributed by atoms with E-state index in [9.17, 15) is 13.2 Å². The highest BCUT2D eigenvalue weighted by Gasteiger charge is 2.37. The lowest BCUT2D eigenvalue weighted by atomic mass is 10.1. The van der Waals surface area contributed by atoms with Gasteiger partial charge in [-0.3, -0.25) is 4.90 Å². The Bertz CT molecular complexity index is 189. The smallest absolute Gasteiger partial charge is 0.283 e. The number of hydrogen-bond acceptors (Lipinski definition) is 2. The average molecular weight is 211 g/mol. The van der Waals surface area contributed by atoms with Gasteiger partial charge in [-0.1, -0.05) is 6.92 Å². The molecule has 0 radical (unpaired) electrons. The number of halogens is 3. The highest BCUT2D eigenvalue weighted by molar-refractivity contribution is 4.85. The van der Waals surface area contributed by atoms with E-state index in [0.717, 1.165) is 0 Å². The first-order valence-electron chi connectivity index (χ1n) is 4.83. The van der Waals surface area contributed by atoms with Crippen LogP contribution in [0.1, 0.15) is 13.3 Å². The number of rotatable bonds is 4. The third-order valence-corrected chi connectivity index (χ3v) is 2.65. The van der Waals surface area contributed by atoms with Crippen LogP contribution in [0.3, 0.4) is 0 Å². The van der Waals surface area contributed by atoms with Crippen molar-refractivity contribution in [2.24, 2.45) is 5.92 Å². The maximum atomic E-state index is 13.2. The molecule has 84 valence electrons. The largest absolute Gasteiger partial charge is 0.390 e. The fourth-order valence-electron chi connectivity index (χ4n) is 1.81. The molecule has 0 aliphatic carbocycles. The maximum absolute atomic E-state index is 13.2. The summed E-state index contributed by atoms with van der Waals surface area (Å²) in [7, 11) is 0. The Balaban J connectivity index is 2.42. The van der Waals surface area contributed by atoms with Crippen molar-refractivity contribution in [2.45, 2.75) is 25.4 Å². The van der Waals surface area contributed by atoms with E-state index < -0.39 is 25.2 Å². The molecule has 0 aromatic rings. The van der Waals surface area contributed by atoms with Gasteiger partial charge in [0.05, 0.1) is 6.54 Å². The monoisotopic (exact) mass is 211 g/mol. The Morgan fingerprint density at radius 2 is 2.07 bits per heavy atom. The third-order valence-electron chi connectivity index (χ3n) is 2.65. The number of likely N-dealkylation sites (tertiary alicyclic amines) is 1. The van der Waals surface area contributed by atoms with Gasteiger partial charge in [-0.2, -0.15) is 0 Å². The van der Waals surface area contributed by atoms with Crippen LogP contribution >= 0.6 is 0 Å². The zero-order valence-corrected chi connectivity index (χ0v) is 8.22. The minimum atomic E-state index is -3.11. The Kier molecular flexibility index (Phi) is 3.78. The molecule has 1 aliphatic rings. The van der Waals surface area contributed by atoms with Crippen molar-refractivity contribution in [1.82, 2.24) is 4.90 Å². The molecule has 0 bridgehead atoms. The summed E-state index contributed by atoms with van der Waals surface area (Å²) in [5, 5.41) is 8.37. The molecular weight excluding hydrogens is 195 g/mol. The van der Waals surface area contributed by atoms with Gasteiger partial charge in [-0.05, 0) is 6.42 Å². The molecule has 1 N–H and O–H groups in total. The fraction of sp³-hybridized carbons (Fsp3) is 1.00. The molecule has 2 atom stereocenters. The number of alkyl halides is 3. The fourth-order valence-corrected chi connectivity index (χ4v) is 1.81. The third kappa shape index (κ3) is 2.85. The highest BCUT2D eigenvalue weighted by Crippen LogP contribution is 2.25. The molecule has 1 aliphatic heterocycles. The van der Waals surface area contributed by atoms with Crippen LogP contribution in [0, 0.1) is 5.92 Å². The normalized spacial score (nSPS) is 29.8. The lowest BCUT2D eigenvalue weighted by molar-refractivity contribution is -0.0701. The number of hydrogen-bond donors (Lipinski definition) is 1. The van der Waals surface area contributed by atoms with Crippen LogP contribution in [-0.2, 0) is 0 Å². The SMILES string of the molecule is CC[C@@H]1CN(CC(F)(F)CO)C[C@@H]1F. The number of aliphatic hydroxyl groups excluding tert-OH is 1. The van der Waals surface area contributed by atoms with E-state index in [1.807, 2.05) is 6.92 Å². The molecule has 0 amide bonds. The van der Waals surface area contributed by atoms with Gasteiger partial charge in [0.25, 0.3) is 5.92 Å². The van der Waals surface area contributed by atoms with Crippen molar-refractivity contribution in [1.29, 1.82) is 0 Å². The second-order valence-electron chi connectivity index (χ2n) is 3.89. The van der Waals surface area contributed by atoms with Crippen LogP contribution < -0.4 is 0 Å². The van der Waals surface area contributed by atoms with Crippen LogP contribution in [-0.4, -0.2) is 48.3 Å². The van der Waals surface area contributed by atoms with Crippen molar-refractivity contribution >= 4 is 0 Å². The van der Waals surface area contributed by atoms with Crippen molar-refractivity contribution < 1.29 is 18.3 Å². The predicted molar refractivity (Wildman–Crippen MR) is 47.1 cm³/mol. The Morgan fingerprint density at radius 1 is 1.43 bits per heavy atom. The van der Waals surface area contributed by atoms with E-state index >= 15 is 0 Å². The minimum absolute atomic E-state index is 0.0636. The van der Waals surface area contributed by atoms with Crippen molar-refractivity contribution in [2.75, 3.05) is 26.2 Å². The molecule has 2 nitrogen and oxygen atoms in total.